The van der Waals surface area contributed by atoms with Gasteiger partial charge < -0.3 is 13.9 Å². The average molecular weight is 290 g/mol. The second kappa shape index (κ2) is 7.47. The Bertz CT molecular complexity index is 659. The normalized spacial score (nSPS) is 10.5. The lowest BCUT2D eigenvalue weighted by Crippen LogP contribution is -2.05. The van der Waals surface area contributed by atoms with E-state index in [4.69, 9.17) is 13.9 Å². The van der Waals surface area contributed by atoms with Crippen LogP contribution in [0.3, 0.4) is 0 Å². The van der Waals surface area contributed by atoms with Crippen molar-refractivity contribution in [1.29, 1.82) is 0 Å². The fraction of sp³-hybridized carbons (Fsp3) is 0.375. The Hall–Kier alpha value is -2.30. The highest BCUT2D eigenvalue weighted by Gasteiger charge is 2.03. The zero-order valence-electron chi connectivity index (χ0n) is 12.0. The van der Waals surface area contributed by atoms with Gasteiger partial charge in [0.25, 0.3) is 0 Å². The second-order valence-electron chi connectivity index (χ2n) is 4.56. The van der Waals surface area contributed by atoms with E-state index in [0.717, 1.165) is 18.2 Å². The van der Waals surface area contributed by atoms with Gasteiger partial charge in [-0.25, -0.2) is 4.79 Å². The van der Waals surface area contributed by atoms with Crippen LogP contribution in [-0.4, -0.2) is 19.2 Å². The molecule has 0 spiro atoms. The van der Waals surface area contributed by atoms with Crippen LogP contribution in [0.4, 0.5) is 0 Å². The van der Waals surface area contributed by atoms with Gasteiger partial charge in [-0.15, -0.1) is 0 Å². The van der Waals surface area contributed by atoms with Crippen molar-refractivity contribution in [1.82, 2.24) is 0 Å². The zero-order valence-corrected chi connectivity index (χ0v) is 12.0. The lowest BCUT2D eigenvalue weighted by molar-refractivity contribution is -0.143. The third kappa shape index (κ3) is 4.63. The van der Waals surface area contributed by atoms with Crippen molar-refractivity contribution in [3.63, 3.8) is 0 Å². The van der Waals surface area contributed by atoms with E-state index in [0.29, 0.717) is 31.0 Å². The molecule has 0 N–H and O–H groups in total. The molecule has 0 fully saturated rings. The minimum Gasteiger partial charge on any atom is -0.493 e. The fourth-order valence-corrected chi connectivity index (χ4v) is 1.93. The number of benzene rings is 1. The number of fused-ring (bicyclic) bond motifs is 1. The van der Waals surface area contributed by atoms with Crippen LogP contribution >= 0.6 is 0 Å². The Morgan fingerprint density at radius 1 is 1.19 bits per heavy atom. The van der Waals surface area contributed by atoms with Crippen molar-refractivity contribution in [2.24, 2.45) is 0 Å². The lowest BCUT2D eigenvalue weighted by Gasteiger charge is -2.06. The number of ether oxygens (including phenoxy) is 2. The van der Waals surface area contributed by atoms with Crippen molar-refractivity contribution >= 4 is 16.9 Å². The van der Waals surface area contributed by atoms with Crippen LogP contribution in [0.15, 0.2) is 39.5 Å². The molecule has 2 aromatic rings. The van der Waals surface area contributed by atoms with Crippen molar-refractivity contribution < 1.29 is 18.7 Å². The molecule has 112 valence electrons. The Morgan fingerprint density at radius 3 is 2.81 bits per heavy atom. The van der Waals surface area contributed by atoms with Crippen molar-refractivity contribution in [2.75, 3.05) is 13.2 Å². The predicted octanol–water partition coefficient (Wildman–Crippen LogP) is 2.91. The van der Waals surface area contributed by atoms with Crippen LogP contribution in [0, 0.1) is 0 Å². The Balaban J connectivity index is 1.81. The molecule has 0 aliphatic carbocycles. The van der Waals surface area contributed by atoms with Gasteiger partial charge >= 0.3 is 11.6 Å². The molecule has 2 rings (SSSR count). The summed E-state index contributed by atoms with van der Waals surface area (Å²) < 4.78 is 15.5. The number of carbonyl (C=O) groups excluding carboxylic acids is 1. The van der Waals surface area contributed by atoms with Crippen LogP contribution in [-0.2, 0) is 9.53 Å². The molecular weight excluding hydrogens is 272 g/mol. The number of esters is 1. The Morgan fingerprint density at radius 2 is 2.00 bits per heavy atom. The number of carbonyl (C=O) groups is 1. The fourth-order valence-electron chi connectivity index (χ4n) is 1.93. The van der Waals surface area contributed by atoms with E-state index < -0.39 is 0 Å². The first-order valence-electron chi connectivity index (χ1n) is 7.01. The first kappa shape index (κ1) is 15.1. The monoisotopic (exact) mass is 290 g/mol. The topological polar surface area (TPSA) is 65.7 Å². The molecule has 1 heterocycles. The molecule has 0 radical (unpaired) electrons. The van der Waals surface area contributed by atoms with Gasteiger partial charge in [-0.2, -0.15) is 0 Å². The van der Waals surface area contributed by atoms with Gasteiger partial charge in [-0.1, -0.05) is 0 Å². The van der Waals surface area contributed by atoms with Gasteiger partial charge in [0.1, 0.15) is 11.3 Å². The summed E-state index contributed by atoms with van der Waals surface area (Å²) in [5, 5.41) is 0.851. The molecular formula is C16H18O5. The van der Waals surface area contributed by atoms with Gasteiger partial charge in [-0.3, -0.25) is 4.79 Å². The van der Waals surface area contributed by atoms with E-state index in [-0.39, 0.29) is 11.6 Å². The van der Waals surface area contributed by atoms with E-state index >= 15 is 0 Å². The molecule has 1 aromatic carbocycles. The number of unbranched alkanes of at least 4 members (excludes halogenated alkanes) is 1. The molecule has 1 aromatic heterocycles. The van der Waals surface area contributed by atoms with Gasteiger partial charge in [-0.05, 0) is 38.0 Å². The molecule has 5 heteroatoms. The minimum absolute atomic E-state index is 0.176. The summed E-state index contributed by atoms with van der Waals surface area (Å²) in [6, 6.07) is 8.46. The predicted molar refractivity (Wildman–Crippen MR) is 78.5 cm³/mol. The summed E-state index contributed by atoms with van der Waals surface area (Å²) in [5.41, 5.74) is 0.126. The molecule has 0 amide bonds. The zero-order chi connectivity index (χ0) is 15.1. The van der Waals surface area contributed by atoms with E-state index in [2.05, 4.69) is 0 Å². The SMILES string of the molecule is CCOC(=O)CCCCOc1ccc2ccc(=O)oc2c1. The molecule has 0 aliphatic rings. The van der Waals surface area contributed by atoms with Crippen LogP contribution in [0.25, 0.3) is 11.0 Å². The van der Waals surface area contributed by atoms with Crippen molar-refractivity contribution in [2.45, 2.75) is 26.2 Å². The Labute approximate surface area is 122 Å². The first-order valence-corrected chi connectivity index (χ1v) is 7.01. The van der Waals surface area contributed by atoms with E-state index in [1.807, 2.05) is 12.1 Å². The summed E-state index contributed by atoms with van der Waals surface area (Å²) in [6.45, 7) is 2.71. The third-order valence-electron chi connectivity index (χ3n) is 2.94. The summed E-state index contributed by atoms with van der Waals surface area (Å²) >= 11 is 0. The third-order valence-corrected chi connectivity index (χ3v) is 2.94. The van der Waals surface area contributed by atoms with Crippen LogP contribution in [0.5, 0.6) is 5.75 Å². The molecule has 0 bridgehead atoms. The maximum Gasteiger partial charge on any atom is 0.336 e. The second-order valence-corrected chi connectivity index (χ2v) is 4.56. The maximum absolute atomic E-state index is 11.2. The van der Waals surface area contributed by atoms with Gasteiger partial charge in [0.2, 0.25) is 0 Å². The highest BCUT2D eigenvalue weighted by molar-refractivity contribution is 5.77. The van der Waals surface area contributed by atoms with E-state index in [9.17, 15) is 9.59 Å². The molecule has 5 nitrogen and oxygen atoms in total. The molecule has 0 saturated carbocycles. The summed E-state index contributed by atoms with van der Waals surface area (Å²) in [4.78, 5) is 22.3. The quantitative estimate of drug-likeness (QED) is 0.445. The molecule has 0 aliphatic heterocycles. The summed E-state index contributed by atoms with van der Waals surface area (Å²) in [5.74, 6) is 0.470. The highest BCUT2D eigenvalue weighted by Crippen LogP contribution is 2.19. The average Bonchev–Trinajstić information content (AvgIpc) is 2.46. The van der Waals surface area contributed by atoms with E-state index in [1.165, 1.54) is 6.07 Å². The maximum atomic E-state index is 11.2. The number of rotatable bonds is 7. The van der Waals surface area contributed by atoms with Crippen LogP contribution in [0.2, 0.25) is 0 Å². The smallest absolute Gasteiger partial charge is 0.336 e. The molecule has 0 unspecified atom stereocenters. The summed E-state index contributed by atoms with van der Waals surface area (Å²) in [7, 11) is 0. The van der Waals surface area contributed by atoms with Crippen LogP contribution in [0.1, 0.15) is 26.2 Å². The van der Waals surface area contributed by atoms with E-state index in [1.54, 1.807) is 19.1 Å². The van der Waals surface area contributed by atoms with Gasteiger partial charge in [0, 0.05) is 23.9 Å². The first-order chi connectivity index (χ1) is 10.2. The molecule has 0 saturated heterocycles. The molecule has 0 atom stereocenters. The van der Waals surface area contributed by atoms with Crippen LogP contribution < -0.4 is 10.4 Å². The summed E-state index contributed by atoms with van der Waals surface area (Å²) in [6.07, 6.45) is 1.89. The number of hydrogen-bond acceptors (Lipinski definition) is 5. The number of hydrogen-bond donors (Lipinski definition) is 0. The lowest BCUT2D eigenvalue weighted by atomic mass is 10.2. The molecule has 21 heavy (non-hydrogen) atoms. The minimum atomic E-state index is -0.380. The van der Waals surface area contributed by atoms with Crippen molar-refractivity contribution in [3.05, 3.63) is 40.8 Å². The van der Waals surface area contributed by atoms with Gasteiger partial charge in [0.05, 0.1) is 13.2 Å². The van der Waals surface area contributed by atoms with Crippen molar-refractivity contribution in [3.8, 4) is 5.75 Å². The standard InChI is InChI=1S/C16H18O5/c1-2-19-15(17)5-3-4-10-20-13-8-6-12-7-9-16(18)21-14(12)11-13/h6-9,11H,2-5,10H2,1H3. The largest absolute Gasteiger partial charge is 0.493 e. The highest BCUT2D eigenvalue weighted by atomic mass is 16.5. The Kier molecular flexibility index (Phi) is 5.37. The van der Waals surface area contributed by atoms with Gasteiger partial charge in [0.15, 0.2) is 0 Å².